The average molecular weight is 493 g/mol. The minimum Gasteiger partial charge on any atom is -0.478 e. The molecule has 0 saturated heterocycles. The molecule has 7 heteroatoms. The lowest BCUT2D eigenvalue weighted by molar-refractivity contribution is 0.0696. The van der Waals surface area contributed by atoms with E-state index in [0.29, 0.717) is 46.5 Å². The van der Waals surface area contributed by atoms with Crippen LogP contribution >= 0.6 is 0 Å². The predicted octanol–water partition coefficient (Wildman–Crippen LogP) is 4.90. The van der Waals surface area contributed by atoms with Gasteiger partial charge in [0.2, 0.25) is 0 Å². The molecule has 0 bridgehead atoms. The van der Waals surface area contributed by atoms with Crippen LogP contribution in [0.25, 0.3) is 11.1 Å². The maximum atomic E-state index is 13.3. The fourth-order valence-corrected chi connectivity index (χ4v) is 4.37. The molecular weight excluding hydrogens is 464 g/mol. The molecule has 0 spiro atoms. The number of hydrogen-bond acceptors (Lipinski definition) is 4. The summed E-state index contributed by atoms with van der Waals surface area (Å²) in [4.78, 5) is 26.0. The van der Waals surface area contributed by atoms with Crippen molar-refractivity contribution in [1.29, 1.82) is 5.41 Å². The Balaban J connectivity index is 1.79. The predicted molar refractivity (Wildman–Crippen MR) is 146 cm³/mol. The smallest absolute Gasteiger partial charge is 0.336 e. The lowest BCUT2D eigenvalue weighted by Crippen LogP contribution is -2.16. The molecule has 4 rings (SSSR count). The second kappa shape index (κ2) is 11.3. The molecule has 0 radical (unpaired) electrons. The maximum Gasteiger partial charge on any atom is 0.336 e. The van der Waals surface area contributed by atoms with Gasteiger partial charge in [-0.05, 0) is 71.6 Å². The summed E-state index contributed by atoms with van der Waals surface area (Å²) in [5, 5.41) is 23.9. The zero-order valence-electron chi connectivity index (χ0n) is 20.4. The third kappa shape index (κ3) is 5.74. The second-order valence-electron chi connectivity index (χ2n) is 8.61. The van der Waals surface area contributed by atoms with Crippen molar-refractivity contribution in [1.82, 2.24) is 5.32 Å². The van der Waals surface area contributed by atoms with Crippen LogP contribution in [-0.2, 0) is 13.0 Å². The number of nitrogens with one attached hydrogen (secondary N) is 3. The highest BCUT2D eigenvalue weighted by Gasteiger charge is 2.23. The first kappa shape index (κ1) is 25.3. The Morgan fingerprint density at radius 2 is 1.54 bits per heavy atom. The Hall–Kier alpha value is -4.75. The lowest BCUT2D eigenvalue weighted by atomic mass is 9.87. The molecule has 4 aromatic rings. The van der Waals surface area contributed by atoms with E-state index in [2.05, 4.69) is 10.6 Å². The van der Waals surface area contributed by atoms with E-state index in [4.69, 9.17) is 11.1 Å². The van der Waals surface area contributed by atoms with Crippen LogP contribution in [0.4, 0.5) is 5.69 Å². The highest BCUT2D eigenvalue weighted by atomic mass is 16.4. The number of nitrogen functional groups attached to an aromatic ring is 1. The summed E-state index contributed by atoms with van der Waals surface area (Å²) in [6.07, 6.45) is 0.449. The molecule has 0 unspecified atom stereocenters. The topological polar surface area (TPSA) is 128 Å². The number of anilines is 1. The first-order chi connectivity index (χ1) is 17.9. The largest absolute Gasteiger partial charge is 0.478 e. The third-order valence-electron chi connectivity index (χ3n) is 6.13. The molecule has 186 valence electrons. The third-order valence-corrected chi connectivity index (χ3v) is 6.13. The summed E-state index contributed by atoms with van der Waals surface area (Å²) < 4.78 is 0. The molecule has 6 N–H and O–H groups in total. The number of hydrogen-bond donors (Lipinski definition) is 5. The first-order valence-corrected chi connectivity index (χ1v) is 11.8. The molecule has 7 nitrogen and oxygen atoms in total. The van der Waals surface area contributed by atoms with E-state index in [1.807, 2.05) is 43.4 Å². The van der Waals surface area contributed by atoms with E-state index >= 15 is 0 Å². The van der Waals surface area contributed by atoms with Gasteiger partial charge in [-0.1, -0.05) is 60.7 Å². The molecule has 0 aromatic heterocycles. The number of carbonyl (C=O) groups is 2. The van der Waals surface area contributed by atoms with Crippen LogP contribution < -0.4 is 16.4 Å². The van der Waals surface area contributed by atoms with E-state index in [-0.39, 0.29) is 17.3 Å². The summed E-state index contributed by atoms with van der Waals surface area (Å²) >= 11 is 0. The van der Waals surface area contributed by atoms with Crippen LogP contribution in [-0.4, -0.2) is 29.9 Å². The van der Waals surface area contributed by atoms with Crippen molar-refractivity contribution in [3.63, 3.8) is 0 Å². The van der Waals surface area contributed by atoms with Gasteiger partial charge < -0.3 is 21.5 Å². The van der Waals surface area contributed by atoms with Gasteiger partial charge in [-0.3, -0.25) is 10.2 Å². The molecule has 0 aliphatic rings. The minimum absolute atomic E-state index is 0.0579. The number of rotatable bonds is 9. The van der Waals surface area contributed by atoms with Gasteiger partial charge in [0.15, 0.2) is 0 Å². The number of carboxylic acid groups (broad SMARTS) is 1. The van der Waals surface area contributed by atoms with E-state index in [9.17, 15) is 14.7 Å². The SMILES string of the molecule is CNCc1ccc(-c2ccccc2C(=O)Nc2ccc(C(=N)N)cc2)c(C(=O)O)c1Cc1ccccc1. The van der Waals surface area contributed by atoms with Crippen molar-refractivity contribution in [2.45, 2.75) is 13.0 Å². The Morgan fingerprint density at radius 3 is 2.19 bits per heavy atom. The van der Waals surface area contributed by atoms with Gasteiger partial charge >= 0.3 is 5.97 Å². The molecule has 0 atom stereocenters. The van der Waals surface area contributed by atoms with Gasteiger partial charge in [-0.25, -0.2) is 4.79 Å². The number of amidine groups is 1. The van der Waals surface area contributed by atoms with Gasteiger partial charge in [0.25, 0.3) is 5.91 Å². The van der Waals surface area contributed by atoms with E-state index < -0.39 is 5.97 Å². The number of carbonyl (C=O) groups excluding carboxylic acids is 1. The van der Waals surface area contributed by atoms with Crippen LogP contribution in [0.15, 0.2) is 91.0 Å². The molecule has 37 heavy (non-hydrogen) atoms. The van der Waals surface area contributed by atoms with Gasteiger partial charge in [0.1, 0.15) is 5.84 Å². The fourth-order valence-electron chi connectivity index (χ4n) is 4.37. The Bertz CT molecular complexity index is 1450. The molecule has 0 heterocycles. The average Bonchev–Trinajstić information content (AvgIpc) is 2.90. The molecule has 1 amide bonds. The van der Waals surface area contributed by atoms with Crippen molar-refractivity contribution >= 4 is 23.4 Å². The summed E-state index contributed by atoms with van der Waals surface area (Å²) in [7, 11) is 1.82. The number of nitrogens with two attached hydrogens (primary N) is 1. The van der Waals surface area contributed by atoms with Gasteiger partial charge in [0, 0.05) is 23.4 Å². The van der Waals surface area contributed by atoms with Crippen molar-refractivity contribution in [2.75, 3.05) is 12.4 Å². The normalized spacial score (nSPS) is 10.6. The van der Waals surface area contributed by atoms with E-state index in [1.54, 1.807) is 54.6 Å². The summed E-state index contributed by atoms with van der Waals surface area (Å²) in [5.41, 5.74) is 10.8. The van der Waals surface area contributed by atoms with Crippen molar-refractivity contribution < 1.29 is 14.7 Å². The summed E-state index contributed by atoms with van der Waals surface area (Å²) in [6, 6.07) is 27.1. The van der Waals surface area contributed by atoms with Crippen molar-refractivity contribution in [3.05, 3.63) is 124 Å². The fraction of sp³-hybridized carbons (Fsp3) is 0.100. The monoisotopic (exact) mass is 492 g/mol. The second-order valence-corrected chi connectivity index (χ2v) is 8.61. The number of carboxylic acids is 1. The quantitative estimate of drug-likeness (QED) is 0.168. The number of benzene rings is 4. The summed E-state index contributed by atoms with van der Waals surface area (Å²) in [5.74, 6) is -1.47. The Kier molecular flexibility index (Phi) is 7.76. The van der Waals surface area contributed by atoms with Crippen LogP contribution in [0.2, 0.25) is 0 Å². The molecule has 4 aromatic carbocycles. The van der Waals surface area contributed by atoms with E-state index in [1.165, 1.54) is 0 Å². The van der Waals surface area contributed by atoms with Gasteiger partial charge in [-0.2, -0.15) is 0 Å². The molecular formula is C30H28N4O3. The van der Waals surface area contributed by atoms with Gasteiger partial charge in [0.05, 0.1) is 5.56 Å². The van der Waals surface area contributed by atoms with Crippen molar-refractivity contribution in [2.24, 2.45) is 5.73 Å². The highest BCUT2D eigenvalue weighted by molar-refractivity contribution is 6.10. The van der Waals surface area contributed by atoms with Crippen LogP contribution in [0, 0.1) is 5.41 Å². The van der Waals surface area contributed by atoms with E-state index in [0.717, 1.165) is 11.1 Å². The Morgan fingerprint density at radius 1 is 0.865 bits per heavy atom. The minimum atomic E-state index is -1.05. The maximum absolute atomic E-state index is 13.3. The zero-order valence-corrected chi connectivity index (χ0v) is 20.4. The summed E-state index contributed by atoms with van der Waals surface area (Å²) in [6.45, 7) is 0.515. The zero-order chi connectivity index (χ0) is 26.4. The number of aromatic carboxylic acids is 1. The molecule has 0 aliphatic carbocycles. The van der Waals surface area contributed by atoms with Gasteiger partial charge in [-0.15, -0.1) is 0 Å². The Labute approximate surface area is 215 Å². The molecule has 0 fully saturated rings. The molecule has 0 saturated carbocycles. The van der Waals surface area contributed by atoms with Crippen LogP contribution in [0.5, 0.6) is 0 Å². The molecule has 0 aliphatic heterocycles. The van der Waals surface area contributed by atoms with Crippen LogP contribution in [0.3, 0.4) is 0 Å². The first-order valence-electron chi connectivity index (χ1n) is 11.8. The van der Waals surface area contributed by atoms with Crippen molar-refractivity contribution in [3.8, 4) is 11.1 Å². The number of amides is 1. The van der Waals surface area contributed by atoms with Crippen LogP contribution in [0.1, 0.15) is 43.0 Å². The standard InChI is InChI=1S/C30H28N4O3/c1-33-18-21-13-16-24(27(30(36)37)26(21)17-19-7-3-2-4-8-19)23-9-5-6-10-25(23)29(35)34-22-14-11-20(12-15-22)28(31)32/h2-16,33H,17-18H2,1H3,(H3,31,32)(H,34,35)(H,36,37). The lowest BCUT2D eigenvalue weighted by Gasteiger charge is -2.19. The highest BCUT2D eigenvalue weighted by Crippen LogP contribution is 2.33.